The van der Waals surface area contributed by atoms with Crippen molar-refractivity contribution in [1.29, 1.82) is 0 Å². The van der Waals surface area contributed by atoms with E-state index in [-0.39, 0.29) is 11.9 Å². The Kier molecular flexibility index (Phi) is 20.2. The van der Waals surface area contributed by atoms with Crippen molar-refractivity contribution in [2.45, 2.75) is 104 Å². The molecule has 4 nitrogen and oxygen atoms in total. The predicted molar refractivity (Wildman–Crippen MR) is 112 cm³/mol. The van der Waals surface area contributed by atoms with Crippen LogP contribution in [0.5, 0.6) is 0 Å². The smallest absolute Gasteiger partial charge is 0.309 e. The maximum atomic E-state index is 11.8. The van der Waals surface area contributed by atoms with Crippen LogP contribution in [0.3, 0.4) is 0 Å². The van der Waals surface area contributed by atoms with E-state index >= 15 is 0 Å². The summed E-state index contributed by atoms with van der Waals surface area (Å²) < 4.78 is 5.33. The molecule has 0 radical (unpaired) electrons. The number of hydrogen-bond acceptors (Lipinski definition) is 4. The largest absolute Gasteiger partial charge is 0.465 e. The average Bonchev–Trinajstić information content (AvgIpc) is 2.64. The van der Waals surface area contributed by atoms with Gasteiger partial charge in [-0.2, -0.15) is 0 Å². The average molecular weight is 371 g/mol. The van der Waals surface area contributed by atoms with Crippen LogP contribution in [0.25, 0.3) is 0 Å². The molecule has 0 heterocycles. The molecule has 1 unspecified atom stereocenters. The van der Waals surface area contributed by atoms with Gasteiger partial charge < -0.3 is 15.8 Å². The van der Waals surface area contributed by atoms with E-state index in [2.05, 4.69) is 12.2 Å². The van der Waals surface area contributed by atoms with Gasteiger partial charge in [-0.1, -0.05) is 97.3 Å². The fraction of sp³-hybridized carbons (Fsp3) is 0.955. The van der Waals surface area contributed by atoms with Crippen molar-refractivity contribution in [1.82, 2.24) is 5.32 Å². The first kappa shape index (κ1) is 25.4. The predicted octanol–water partition coefficient (Wildman–Crippen LogP) is 5.20. The zero-order valence-electron chi connectivity index (χ0n) is 17.7. The molecular weight excluding hydrogens is 324 g/mol. The van der Waals surface area contributed by atoms with Crippen LogP contribution in [-0.4, -0.2) is 32.2 Å². The maximum absolute atomic E-state index is 11.8. The number of rotatable bonds is 20. The van der Waals surface area contributed by atoms with Crippen LogP contribution in [-0.2, 0) is 9.53 Å². The summed E-state index contributed by atoms with van der Waals surface area (Å²) in [7, 11) is 0. The Morgan fingerprint density at radius 3 is 1.77 bits per heavy atom. The van der Waals surface area contributed by atoms with Crippen LogP contribution in [0.15, 0.2) is 0 Å². The van der Waals surface area contributed by atoms with Crippen LogP contribution in [0.4, 0.5) is 0 Å². The Hall–Kier alpha value is -0.610. The molecule has 156 valence electrons. The lowest BCUT2D eigenvalue weighted by Crippen LogP contribution is -2.31. The number of hydrogen-bond donors (Lipinski definition) is 2. The van der Waals surface area contributed by atoms with E-state index in [0.29, 0.717) is 19.7 Å². The molecule has 4 heteroatoms. The van der Waals surface area contributed by atoms with Gasteiger partial charge in [-0.05, 0) is 6.42 Å². The topological polar surface area (TPSA) is 64.3 Å². The lowest BCUT2D eigenvalue weighted by Gasteiger charge is -2.12. The zero-order chi connectivity index (χ0) is 19.3. The van der Waals surface area contributed by atoms with Gasteiger partial charge in [-0.3, -0.25) is 4.79 Å². The normalized spacial score (nSPS) is 12.3. The lowest BCUT2D eigenvalue weighted by atomic mass is 10.0. The van der Waals surface area contributed by atoms with E-state index in [1.807, 2.05) is 6.92 Å². The molecule has 0 aromatic heterocycles. The molecule has 0 aliphatic carbocycles. The summed E-state index contributed by atoms with van der Waals surface area (Å²) in [5.74, 6) is -0.183. The Morgan fingerprint density at radius 2 is 1.31 bits per heavy atom. The maximum Gasteiger partial charge on any atom is 0.309 e. The number of nitrogens with one attached hydrogen (secondary N) is 1. The number of unbranched alkanes of at least 4 members (excludes halogenated alkanes) is 13. The van der Waals surface area contributed by atoms with Crippen molar-refractivity contribution in [3.8, 4) is 0 Å². The highest BCUT2D eigenvalue weighted by Gasteiger charge is 2.13. The van der Waals surface area contributed by atoms with E-state index in [9.17, 15) is 4.79 Å². The third kappa shape index (κ3) is 18.2. The molecule has 0 saturated heterocycles. The number of nitrogens with two attached hydrogens (primary N) is 1. The minimum Gasteiger partial charge on any atom is -0.465 e. The quantitative estimate of drug-likeness (QED) is 0.228. The number of carbonyl (C=O) groups is 1. The standard InChI is InChI=1S/C22H46N2O2/c1-3-4-5-6-7-8-9-10-11-12-13-14-15-16-19-26-22(25)21(2)20-24-18-17-23/h21,24H,3-20,23H2,1-2H3. The van der Waals surface area contributed by atoms with Crippen molar-refractivity contribution in [3.63, 3.8) is 0 Å². The van der Waals surface area contributed by atoms with E-state index in [1.165, 1.54) is 83.5 Å². The molecule has 0 aromatic rings. The van der Waals surface area contributed by atoms with E-state index in [4.69, 9.17) is 10.5 Å². The minimum absolute atomic E-state index is 0.0896. The SMILES string of the molecule is CCCCCCCCCCCCCCCCOC(=O)C(C)CNCCN. The van der Waals surface area contributed by atoms with Crippen LogP contribution in [0.2, 0.25) is 0 Å². The number of ether oxygens (including phenoxy) is 1. The van der Waals surface area contributed by atoms with Crippen molar-refractivity contribution >= 4 is 5.97 Å². The number of esters is 1. The highest BCUT2D eigenvalue weighted by molar-refractivity contribution is 5.72. The van der Waals surface area contributed by atoms with Crippen LogP contribution < -0.4 is 11.1 Å². The zero-order valence-corrected chi connectivity index (χ0v) is 17.7. The van der Waals surface area contributed by atoms with Gasteiger partial charge in [0.25, 0.3) is 0 Å². The first-order chi connectivity index (χ1) is 12.7. The summed E-state index contributed by atoms with van der Waals surface area (Å²) in [5, 5.41) is 3.14. The molecule has 0 aliphatic heterocycles. The second-order valence-electron chi connectivity index (χ2n) is 7.66. The van der Waals surface area contributed by atoms with Gasteiger partial charge in [0.15, 0.2) is 0 Å². The number of carbonyl (C=O) groups excluding carboxylic acids is 1. The molecule has 0 aromatic carbocycles. The third-order valence-electron chi connectivity index (χ3n) is 4.92. The fourth-order valence-electron chi connectivity index (χ4n) is 3.12. The van der Waals surface area contributed by atoms with Crippen molar-refractivity contribution in [2.75, 3.05) is 26.2 Å². The van der Waals surface area contributed by atoms with Gasteiger partial charge in [-0.15, -0.1) is 0 Å². The molecule has 0 fully saturated rings. The molecule has 0 spiro atoms. The van der Waals surface area contributed by atoms with Gasteiger partial charge in [0, 0.05) is 19.6 Å². The van der Waals surface area contributed by atoms with Crippen LogP contribution >= 0.6 is 0 Å². The van der Waals surface area contributed by atoms with Gasteiger partial charge in [0.2, 0.25) is 0 Å². The van der Waals surface area contributed by atoms with E-state index in [0.717, 1.165) is 13.0 Å². The van der Waals surface area contributed by atoms with Crippen molar-refractivity contribution in [3.05, 3.63) is 0 Å². The molecular formula is C22H46N2O2. The monoisotopic (exact) mass is 370 g/mol. The molecule has 0 amide bonds. The fourth-order valence-corrected chi connectivity index (χ4v) is 3.12. The third-order valence-corrected chi connectivity index (χ3v) is 4.92. The molecule has 0 saturated carbocycles. The molecule has 26 heavy (non-hydrogen) atoms. The first-order valence-electron chi connectivity index (χ1n) is 11.3. The summed E-state index contributed by atoms with van der Waals surface area (Å²) in [6.07, 6.45) is 18.8. The van der Waals surface area contributed by atoms with Gasteiger partial charge in [0.1, 0.15) is 0 Å². The van der Waals surface area contributed by atoms with E-state index < -0.39 is 0 Å². The molecule has 0 rings (SSSR count). The summed E-state index contributed by atoms with van der Waals surface area (Å²) >= 11 is 0. The van der Waals surface area contributed by atoms with Crippen LogP contribution in [0.1, 0.15) is 104 Å². The van der Waals surface area contributed by atoms with Crippen LogP contribution in [0, 0.1) is 5.92 Å². The summed E-state index contributed by atoms with van der Waals surface area (Å²) in [6.45, 7) is 6.73. The summed E-state index contributed by atoms with van der Waals surface area (Å²) in [5.41, 5.74) is 5.41. The summed E-state index contributed by atoms with van der Waals surface area (Å²) in [6, 6.07) is 0. The Labute approximate surface area is 163 Å². The van der Waals surface area contributed by atoms with Crippen molar-refractivity contribution < 1.29 is 9.53 Å². The second kappa shape index (κ2) is 20.7. The second-order valence-corrected chi connectivity index (χ2v) is 7.66. The summed E-state index contributed by atoms with van der Waals surface area (Å²) in [4.78, 5) is 11.8. The van der Waals surface area contributed by atoms with E-state index in [1.54, 1.807) is 0 Å². The first-order valence-corrected chi connectivity index (χ1v) is 11.3. The van der Waals surface area contributed by atoms with Gasteiger partial charge in [-0.25, -0.2) is 0 Å². The van der Waals surface area contributed by atoms with Gasteiger partial charge >= 0.3 is 5.97 Å². The molecule has 3 N–H and O–H groups in total. The molecule has 0 aliphatic rings. The Bertz CT molecular complexity index is 298. The minimum atomic E-state index is -0.0933. The Balaban J connectivity index is 3.20. The Morgan fingerprint density at radius 1 is 0.846 bits per heavy atom. The molecule has 0 bridgehead atoms. The van der Waals surface area contributed by atoms with Gasteiger partial charge in [0.05, 0.1) is 12.5 Å². The highest BCUT2D eigenvalue weighted by Crippen LogP contribution is 2.13. The highest BCUT2D eigenvalue weighted by atomic mass is 16.5. The van der Waals surface area contributed by atoms with Crippen molar-refractivity contribution in [2.24, 2.45) is 11.7 Å². The molecule has 1 atom stereocenters. The lowest BCUT2D eigenvalue weighted by molar-refractivity contribution is -0.147.